The van der Waals surface area contributed by atoms with Gasteiger partial charge in [-0.2, -0.15) is 0 Å². The molecule has 1 N–H and O–H groups in total. The van der Waals surface area contributed by atoms with Gasteiger partial charge in [-0.05, 0) is 17.9 Å². The number of carbonyl (C=O) groups excluding carboxylic acids is 1. The molecule has 1 aromatic rings. The maximum atomic E-state index is 11.7. The molecule has 0 saturated heterocycles. The number of quaternary nitrogens is 1. The van der Waals surface area contributed by atoms with Crippen molar-refractivity contribution in [1.29, 1.82) is 0 Å². The molecule has 5 heteroatoms. The maximum Gasteiger partial charge on any atom is 0.308 e. The predicted molar refractivity (Wildman–Crippen MR) is 93.6 cm³/mol. The summed E-state index contributed by atoms with van der Waals surface area (Å²) in [7, 11) is 5.85. The van der Waals surface area contributed by atoms with Gasteiger partial charge in [0.1, 0.15) is 6.54 Å². The Kier molecular flexibility index (Phi) is 6.55. The van der Waals surface area contributed by atoms with Crippen molar-refractivity contribution in [3.8, 4) is 0 Å². The third kappa shape index (κ3) is 6.32. The summed E-state index contributed by atoms with van der Waals surface area (Å²) < 4.78 is 6.08. The van der Waals surface area contributed by atoms with E-state index in [0.717, 1.165) is 12.0 Å². The maximum absolute atomic E-state index is 11.7. The van der Waals surface area contributed by atoms with Crippen molar-refractivity contribution in [2.75, 3.05) is 27.7 Å². The van der Waals surface area contributed by atoms with Gasteiger partial charge < -0.3 is 14.3 Å². The molecule has 24 heavy (non-hydrogen) atoms. The topological polar surface area (TPSA) is 63.6 Å². The second-order valence-electron chi connectivity index (χ2n) is 7.90. The van der Waals surface area contributed by atoms with Crippen molar-refractivity contribution in [2.45, 2.75) is 39.2 Å². The van der Waals surface area contributed by atoms with Crippen LogP contribution < -0.4 is 0 Å². The Hall–Kier alpha value is -1.88. The minimum Gasteiger partial charge on any atom is -0.481 e. The van der Waals surface area contributed by atoms with Crippen LogP contribution in [0.3, 0.4) is 0 Å². The molecular weight excluding hydrogens is 306 g/mol. The number of carbonyl (C=O) groups is 2. The van der Waals surface area contributed by atoms with Gasteiger partial charge in [-0.15, -0.1) is 0 Å². The van der Waals surface area contributed by atoms with E-state index in [1.54, 1.807) is 0 Å². The highest BCUT2D eigenvalue weighted by molar-refractivity contribution is 5.71. The average molecular weight is 336 g/mol. The molecule has 1 unspecified atom stereocenters. The van der Waals surface area contributed by atoms with Crippen LogP contribution in [-0.4, -0.2) is 49.2 Å². The number of aliphatic carboxylic acids is 1. The van der Waals surface area contributed by atoms with E-state index in [4.69, 9.17) is 4.74 Å². The lowest BCUT2D eigenvalue weighted by Crippen LogP contribution is -2.50. The molecule has 0 saturated carbocycles. The molecule has 0 radical (unpaired) electrons. The van der Waals surface area contributed by atoms with Gasteiger partial charge in [0.2, 0.25) is 0 Å². The quantitative estimate of drug-likeness (QED) is 0.586. The van der Waals surface area contributed by atoms with Crippen LogP contribution in [0.25, 0.3) is 0 Å². The monoisotopic (exact) mass is 336 g/mol. The molecule has 0 aliphatic heterocycles. The summed E-state index contributed by atoms with van der Waals surface area (Å²) in [6.07, 6.45) is 0.695. The molecule has 0 spiro atoms. The molecule has 0 aliphatic carbocycles. The molecular formula is C19H30NO4+. The standard InChI is InChI=1S/C19H29NO4/c1-14(2)11-16-7-9-17(10-8-16)19(12-18(22)23,24-15(3)21)13-20(4,5)6/h7-10,14H,11-13H2,1-6H3/p+1. The number of hydrogen-bond acceptors (Lipinski definition) is 3. The number of benzene rings is 1. The van der Waals surface area contributed by atoms with E-state index in [0.29, 0.717) is 16.9 Å². The number of carboxylic acid groups (broad SMARTS) is 1. The first kappa shape index (κ1) is 20.2. The van der Waals surface area contributed by atoms with Crippen molar-refractivity contribution < 1.29 is 23.9 Å². The fourth-order valence-electron chi connectivity index (χ4n) is 3.08. The van der Waals surface area contributed by atoms with E-state index in [1.807, 2.05) is 45.4 Å². The van der Waals surface area contributed by atoms with Gasteiger partial charge in [0.15, 0.2) is 5.60 Å². The number of rotatable bonds is 8. The molecule has 1 aromatic carbocycles. The van der Waals surface area contributed by atoms with Crippen molar-refractivity contribution in [2.24, 2.45) is 5.92 Å². The van der Waals surface area contributed by atoms with Gasteiger partial charge in [-0.1, -0.05) is 38.1 Å². The minimum atomic E-state index is -1.17. The Morgan fingerprint density at radius 3 is 2.08 bits per heavy atom. The minimum absolute atomic E-state index is 0.258. The Labute approximate surface area is 144 Å². The summed E-state index contributed by atoms with van der Waals surface area (Å²) in [4.78, 5) is 23.2. The van der Waals surface area contributed by atoms with Gasteiger partial charge >= 0.3 is 11.9 Å². The number of esters is 1. The summed E-state index contributed by atoms with van der Waals surface area (Å²) in [6, 6.07) is 7.76. The lowest BCUT2D eigenvalue weighted by molar-refractivity contribution is -0.877. The predicted octanol–water partition coefficient (Wildman–Crippen LogP) is 2.82. The van der Waals surface area contributed by atoms with Crippen LogP contribution in [-0.2, 0) is 26.3 Å². The van der Waals surface area contributed by atoms with Crippen LogP contribution in [0.5, 0.6) is 0 Å². The van der Waals surface area contributed by atoms with Crippen molar-refractivity contribution in [3.05, 3.63) is 35.4 Å². The smallest absolute Gasteiger partial charge is 0.308 e. The zero-order chi connectivity index (χ0) is 18.5. The van der Waals surface area contributed by atoms with Crippen molar-refractivity contribution in [1.82, 2.24) is 0 Å². The molecule has 0 amide bonds. The van der Waals surface area contributed by atoms with E-state index in [9.17, 15) is 14.7 Å². The molecule has 1 atom stereocenters. The van der Waals surface area contributed by atoms with E-state index in [1.165, 1.54) is 12.5 Å². The number of nitrogens with zero attached hydrogens (tertiary/aromatic N) is 1. The van der Waals surface area contributed by atoms with Crippen LogP contribution in [0.1, 0.15) is 38.3 Å². The molecule has 0 aromatic heterocycles. The summed E-state index contributed by atoms with van der Waals surface area (Å²) in [5.41, 5.74) is 0.735. The Balaban J connectivity index is 3.32. The first-order valence-corrected chi connectivity index (χ1v) is 8.25. The van der Waals surface area contributed by atoms with E-state index in [2.05, 4.69) is 13.8 Å². The fourth-order valence-corrected chi connectivity index (χ4v) is 3.08. The fraction of sp³-hybridized carbons (Fsp3) is 0.579. The third-order valence-electron chi connectivity index (χ3n) is 3.63. The first-order valence-electron chi connectivity index (χ1n) is 8.25. The summed E-state index contributed by atoms with van der Waals surface area (Å²) in [6.45, 7) is 6.00. The zero-order valence-electron chi connectivity index (χ0n) is 15.6. The highest BCUT2D eigenvalue weighted by atomic mass is 16.6. The van der Waals surface area contributed by atoms with E-state index in [-0.39, 0.29) is 6.42 Å². The van der Waals surface area contributed by atoms with Crippen LogP contribution in [0, 0.1) is 5.92 Å². The van der Waals surface area contributed by atoms with Gasteiger partial charge in [-0.25, -0.2) is 0 Å². The molecule has 0 bridgehead atoms. The van der Waals surface area contributed by atoms with Gasteiger partial charge in [0, 0.05) is 12.5 Å². The van der Waals surface area contributed by atoms with E-state index >= 15 is 0 Å². The zero-order valence-corrected chi connectivity index (χ0v) is 15.6. The summed E-state index contributed by atoms with van der Waals surface area (Å²) in [5, 5.41) is 9.40. The largest absolute Gasteiger partial charge is 0.481 e. The lowest BCUT2D eigenvalue weighted by atomic mass is 9.87. The number of hydrogen-bond donors (Lipinski definition) is 1. The van der Waals surface area contributed by atoms with Crippen LogP contribution in [0.4, 0.5) is 0 Å². The molecule has 0 fully saturated rings. The number of ether oxygens (including phenoxy) is 1. The van der Waals surface area contributed by atoms with Crippen LogP contribution >= 0.6 is 0 Å². The normalized spacial score (nSPS) is 14.3. The Bertz CT molecular complexity index is 554. The Morgan fingerprint density at radius 2 is 1.71 bits per heavy atom. The van der Waals surface area contributed by atoms with Crippen molar-refractivity contribution in [3.63, 3.8) is 0 Å². The molecule has 134 valence electrons. The molecule has 5 nitrogen and oxygen atoms in total. The highest BCUT2D eigenvalue weighted by Crippen LogP contribution is 2.33. The molecule has 0 heterocycles. The number of carboxylic acids is 1. The van der Waals surface area contributed by atoms with Crippen molar-refractivity contribution >= 4 is 11.9 Å². The summed E-state index contributed by atoms with van der Waals surface area (Å²) >= 11 is 0. The SMILES string of the molecule is CC(=O)OC(CC(=O)O)(C[N+](C)(C)C)c1ccc(CC(C)C)cc1. The summed E-state index contributed by atoms with van der Waals surface area (Å²) in [5.74, 6) is -0.925. The lowest BCUT2D eigenvalue weighted by Gasteiger charge is -2.38. The average Bonchev–Trinajstić information content (AvgIpc) is 2.34. The number of likely N-dealkylation sites (N-methyl/N-ethyl adjacent to an activating group) is 1. The van der Waals surface area contributed by atoms with Crippen LogP contribution in [0.2, 0.25) is 0 Å². The second kappa shape index (κ2) is 7.79. The first-order chi connectivity index (χ1) is 10.9. The van der Waals surface area contributed by atoms with Gasteiger partial charge in [-0.3, -0.25) is 9.59 Å². The molecule has 0 aliphatic rings. The van der Waals surface area contributed by atoms with Gasteiger partial charge in [0.25, 0.3) is 0 Å². The Morgan fingerprint density at radius 1 is 1.17 bits per heavy atom. The van der Waals surface area contributed by atoms with E-state index < -0.39 is 17.5 Å². The third-order valence-corrected chi connectivity index (χ3v) is 3.63. The molecule has 1 rings (SSSR count). The van der Waals surface area contributed by atoms with Gasteiger partial charge in [0.05, 0.1) is 27.6 Å². The van der Waals surface area contributed by atoms with Crippen LogP contribution in [0.15, 0.2) is 24.3 Å². The highest BCUT2D eigenvalue weighted by Gasteiger charge is 2.43. The second-order valence-corrected chi connectivity index (χ2v) is 7.90.